The van der Waals surface area contributed by atoms with Crippen molar-refractivity contribution in [2.24, 2.45) is 11.7 Å². The van der Waals surface area contributed by atoms with E-state index >= 15 is 0 Å². The van der Waals surface area contributed by atoms with Crippen molar-refractivity contribution >= 4 is 23.2 Å². The highest BCUT2D eigenvalue weighted by molar-refractivity contribution is 6.04. The molecular formula is C22H22FN5O2. The van der Waals surface area contributed by atoms with Crippen LogP contribution in [0.4, 0.5) is 15.8 Å². The number of nitrogens with zero attached hydrogens (tertiary/aromatic N) is 3. The van der Waals surface area contributed by atoms with E-state index in [2.05, 4.69) is 15.3 Å². The molecule has 7 nitrogen and oxygen atoms in total. The summed E-state index contributed by atoms with van der Waals surface area (Å²) >= 11 is 0. The van der Waals surface area contributed by atoms with E-state index in [-0.39, 0.29) is 29.1 Å². The zero-order chi connectivity index (χ0) is 21.1. The number of hydrogen-bond acceptors (Lipinski definition) is 4. The Labute approximate surface area is 173 Å². The number of carbonyl (C=O) groups is 2. The van der Waals surface area contributed by atoms with Crippen molar-refractivity contribution in [2.45, 2.75) is 12.8 Å². The summed E-state index contributed by atoms with van der Waals surface area (Å²) in [6, 6.07) is 15.3. The molecule has 0 radical (unpaired) electrons. The van der Waals surface area contributed by atoms with Crippen LogP contribution in [0.15, 0.2) is 60.8 Å². The molecule has 4 rings (SSSR count). The molecule has 2 amide bonds. The highest BCUT2D eigenvalue weighted by Gasteiger charge is 2.25. The number of piperidine rings is 1. The van der Waals surface area contributed by atoms with Gasteiger partial charge in [0.25, 0.3) is 5.91 Å². The molecule has 3 N–H and O–H groups in total. The Hall–Kier alpha value is -3.68. The molecule has 2 heterocycles. The molecule has 1 aliphatic heterocycles. The minimum Gasteiger partial charge on any atom is -0.370 e. The van der Waals surface area contributed by atoms with Crippen molar-refractivity contribution in [3.63, 3.8) is 0 Å². The van der Waals surface area contributed by atoms with Crippen molar-refractivity contribution in [3.8, 4) is 5.69 Å². The summed E-state index contributed by atoms with van der Waals surface area (Å²) in [5, 5.41) is 7.10. The molecular weight excluding hydrogens is 385 g/mol. The van der Waals surface area contributed by atoms with Gasteiger partial charge in [0, 0.05) is 25.2 Å². The largest absolute Gasteiger partial charge is 0.370 e. The molecule has 2 aromatic carbocycles. The highest BCUT2D eigenvalue weighted by atomic mass is 19.1. The van der Waals surface area contributed by atoms with E-state index in [0.717, 1.165) is 5.69 Å². The van der Waals surface area contributed by atoms with Crippen molar-refractivity contribution < 1.29 is 14.0 Å². The second kappa shape index (κ2) is 8.36. The molecule has 0 spiro atoms. The molecule has 154 valence electrons. The number of benzene rings is 2. The Morgan fingerprint density at radius 2 is 1.67 bits per heavy atom. The molecule has 1 aliphatic rings. The van der Waals surface area contributed by atoms with Crippen LogP contribution in [0, 0.1) is 11.7 Å². The molecule has 0 atom stereocenters. The van der Waals surface area contributed by atoms with E-state index in [9.17, 15) is 14.0 Å². The van der Waals surface area contributed by atoms with Crippen LogP contribution in [0.5, 0.6) is 0 Å². The zero-order valence-electron chi connectivity index (χ0n) is 16.3. The van der Waals surface area contributed by atoms with Crippen LogP contribution in [-0.4, -0.2) is 34.7 Å². The van der Waals surface area contributed by atoms with Crippen LogP contribution in [0.3, 0.4) is 0 Å². The lowest BCUT2D eigenvalue weighted by Gasteiger charge is -2.33. The first-order valence-electron chi connectivity index (χ1n) is 9.78. The molecule has 0 unspecified atom stereocenters. The Bertz CT molecular complexity index is 1070. The van der Waals surface area contributed by atoms with Crippen LogP contribution in [0.1, 0.15) is 23.3 Å². The lowest BCUT2D eigenvalue weighted by molar-refractivity contribution is -0.122. The lowest BCUT2D eigenvalue weighted by Crippen LogP contribution is -2.38. The van der Waals surface area contributed by atoms with Gasteiger partial charge in [0.05, 0.1) is 11.4 Å². The Morgan fingerprint density at radius 3 is 2.37 bits per heavy atom. The molecule has 1 saturated heterocycles. The van der Waals surface area contributed by atoms with Gasteiger partial charge in [0.15, 0.2) is 5.69 Å². The number of carbonyl (C=O) groups excluding carboxylic acids is 2. The Morgan fingerprint density at radius 1 is 1.00 bits per heavy atom. The van der Waals surface area contributed by atoms with E-state index in [1.807, 2.05) is 24.3 Å². The minimum absolute atomic E-state index is 0.106. The number of primary amides is 1. The predicted octanol–water partition coefficient (Wildman–Crippen LogP) is 2.97. The highest BCUT2D eigenvalue weighted by Crippen LogP contribution is 2.30. The summed E-state index contributed by atoms with van der Waals surface area (Å²) in [6.07, 6.45) is 2.92. The summed E-state index contributed by atoms with van der Waals surface area (Å²) < 4.78 is 15.3. The zero-order valence-corrected chi connectivity index (χ0v) is 16.3. The smallest absolute Gasteiger partial charge is 0.276 e. The topological polar surface area (TPSA) is 93.3 Å². The molecule has 3 aromatic rings. The second-order valence-electron chi connectivity index (χ2n) is 7.23. The van der Waals surface area contributed by atoms with E-state index in [1.54, 1.807) is 30.5 Å². The monoisotopic (exact) mass is 407 g/mol. The summed E-state index contributed by atoms with van der Waals surface area (Å²) in [7, 11) is 0. The average Bonchev–Trinajstić information content (AvgIpc) is 3.25. The van der Waals surface area contributed by atoms with Gasteiger partial charge in [0.2, 0.25) is 5.91 Å². The number of nitrogens with two attached hydrogens (primary N) is 1. The number of halogens is 1. The van der Waals surface area contributed by atoms with Crippen molar-refractivity contribution in [1.29, 1.82) is 0 Å². The molecule has 1 fully saturated rings. The molecule has 0 aliphatic carbocycles. The quantitative estimate of drug-likeness (QED) is 0.680. The van der Waals surface area contributed by atoms with E-state index in [0.29, 0.717) is 31.6 Å². The van der Waals surface area contributed by atoms with Crippen LogP contribution in [-0.2, 0) is 4.79 Å². The fraction of sp³-hybridized carbons (Fsp3) is 0.227. The molecule has 0 bridgehead atoms. The Kier molecular flexibility index (Phi) is 5.47. The van der Waals surface area contributed by atoms with E-state index in [1.165, 1.54) is 10.7 Å². The van der Waals surface area contributed by atoms with Crippen molar-refractivity contribution in [3.05, 3.63) is 72.3 Å². The maximum Gasteiger partial charge on any atom is 0.276 e. The van der Waals surface area contributed by atoms with Crippen molar-refractivity contribution in [2.75, 3.05) is 23.3 Å². The lowest BCUT2D eigenvalue weighted by atomic mass is 9.96. The number of aromatic nitrogens is 2. The first-order valence-corrected chi connectivity index (χ1v) is 9.78. The third-order valence-electron chi connectivity index (χ3n) is 5.31. The van der Waals surface area contributed by atoms with Crippen molar-refractivity contribution in [1.82, 2.24) is 9.78 Å². The molecule has 1 aromatic heterocycles. The third-order valence-corrected chi connectivity index (χ3v) is 5.31. The summed E-state index contributed by atoms with van der Waals surface area (Å²) in [5.74, 6) is -1.17. The standard InChI is InChI=1S/C22H22FN5O2/c23-16-5-1-3-7-19(16)28-14-11-18(26-28)22(30)25-17-6-2-4-8-20(17)27-12-9-15(10-13-27)21(24)29/h1-8,11,14-15H,9-10,12-13H2,(H2,24,29)(H,25,30). The van der Waals surface area contributed by atoms with Crippen LogP contribution < -0.4 is 16.0 Å². The van der Waals surface area contributed by atoms with Crippen LogP contribution >= 0.6 is 0 Å². The maximum atomic E-state index is 14.0. The minimum atomic E-state index is -0.419. The van der Waals surface area contributed by atoms with Crippen LogP contribution in [0.25, 0.3) is 5.69 Å². The normalized spacial score (nSPS) is 14.5. The van der Waals surface area contributed by atoms with Gasteiger partial charge >= 0.3 is 0 Å². The van der Waals surface area contributed by atoms with Gasteiger partial charge in [-0.2, -0.15) is 5.10 Å². The molecule has 30 heavy (non-hydrogen) atoms. The fourth-order valence-corrected chi connectivity index (χ4v) is 3.66. The summed E-state index contributed by atoms with van der Waals surface area (Å²) in [5.41, 5.74) is 7.40. The third kappa shape index (κ3) is 4.03. The van der Waals surface area contributed by atoms with Gasteiger partial charge in [-0.25, -0.2) is 9.07 Å². The number of rotatable bonds is 5. The number of hydrogen-bond donors (Lipinski definition) is 2. The second-order valence-corrected chi connectivity index (χ2v) is 7.23. The van der Waals surface area contributed by atoms with Gasteiger partial charge in [-0.15, -0.1) is 0 Å². The first kappa shape index (κ1) is 19.6. The van der Waals surface area contributed by atoms with E-state index < -0.39 is 5.82 Å². The summed E-state index contributed by atoms with van der Waals surface area (Å²) in [6.45, 7) is 1.37. The number of anilines is 2. The number of para-hydroxylation sites is 3. The van der Waals surface area contributed by atoms with Gasteiger partial charge in [0.1, 0.15) is 11.5 Å². The average molecular weight is 407 g/mol. The molecule has 8 heteroatoms. The maximum absolute atomic E-state index is 14.0. The predicted molar refractivity (Wildman–Crippen MR) is 112 cm³/mol. The molecule has 0 saturated carbocycles. The van der Waals surface area contributed by atoms with Gasteiger partial charge in [-0.05, 0) is 43.2 Å². The van der Waals surface area contributed by atoms with Gasteiger partial charge in [-0.1, -0.05) is 24.3 Å². The number of amides is 2. The number of nitrogens with one attached hydrogen (secondary N) is 1. The van der Waals surface area contributed by atoms with Gasteiger partial charge < -0.3 is 16.0 Å². The Balaban J connectivity index is 1.50. The van der Waals surface area contributed by atoms with Crippen LogP contribution in [0.2, 0.25) is 0 Å². The van der Waals surface area contributed by atoms with Gasteiger partial charge in [-0.3, -0.25) is 9.59 Å². The van der Waals surface area contributed by atoms with E-state index in [4.69, 9.17) is 5.73 Å². The first-order chi connectivity index (χ1) is 14.5. The fourth-order valence-electron chi connectivity index (χ4n) is 3.66. The summed E-state index contributed by atoms with van der Waals surface area (Å²) in [4.78, 5) is 26.3. The SMILES string of the molecule is NC(=O)C1CCN(c2ccccc2NC(=O)c2ccn(-c3ccccc3F)n2)CC1.